The number of nitrogen functional groups attached to an aromatic ring is 1. The molecule has 13 heavy (non-hydrogen) atoms. The highest BCUT2D eigenvalue weighted by Gasteiger charge is 2.33. The average molecular weight is 191 g/mol. The standard InChI is InChI=1S/C7H8F3N3/c8-7(9,10)5-1-4(12)3-13-6(5)2-11/h1,3H,2,11-12H2. The molecule has 4 N–H and O–H groups in total. The zero-order valence-electron chi connectivity index (χ0n) is 6.60. The molecule has 0 saturated carbocycles. The van der Waals surface area contributed by atoms with Gasteiger partial charge in [-0.25, -0.2) is 0 Å². The van der Waals surface area contributed by atoms with E-state index in [-0.39, 0.29) is 17.9 Å². The number of pyridine rings is 1. The summed E-state index contributed by atoms with van der Waals surface area (Å²) in [4.78, 5) is 3.49. The number of nitrogens with two attached hydrogens (primary N) is 2. The van der Waals surface area contributed by atoms with Crippen molar-refractivity contribution in [3.05, 3.63) is 23.5 Å². The molecule has 0 amide bonds. The van der Waals surface area contributed by atoms with Crippen LogP contribution in [0.4, 0.5) is 18.9 Å². The Morgan fingerprint density at radius 1 is 1.38 bits per heavy atom. The van der Waals surface area contributed by atoms with Gasteiger partial charge in [0.2, 0.25) is 0 Å². The quantitative estimate of drug-likeness (QED) is 0.699. The molecule has 0 radical (unpaired) electrons. The Morgan fingerprint density at radius 3 is 2.46 bits per heavy atom. The van der Waals surface area contributed by atoms with E-state index < -0.39 is 11.7 Å². The van der Waals surface area contributed by atoms with Gasteiger partial charge in [0.25, 0.3) is 0 Å². The first-order valence-electron chi connectivity index (χ1n) is 3.47. The van der Waals surface area contributed by atoms with Crippen molar-refractivity contribution >= 4 is 5.69 Å². The number of aromatic nitrogens is 1. The summed E-state index contributed by atoms with van der Waals surface area (Å²) in [5, 5.41) is 0. The van der Waals surface area contributed by atoms with Gasteiger partial charge in [0.05, 0.1) is 23.1 Å². The summed E-state index contributed by atoms with van der Waals surface area (Å²) in [5.41, 5.74) is 9.19. The minimum absolute atomic E-state index is 0.0236. The van der Waals surface area contributed by atoms with Gasteiger partial charge in [-0.2, -0.15) is 13.2 Å². The predicted octanol–water partition coefficient (Wildman–Crippen LogP) is 1.14. The topological polar surface area (TPSA) is 64.9 Å². The predicted molar refractivity (Wildman–Crippen MR) is 41.5 cm³/mol. The highest BCUT2D eigenvalue weighted by Crippen LogP contribution is 2.31. The number of anilines is 1. The Morgan fingerprint density at radius 2 is 2.00 bits per heavy atom. The van der Waals surface area contributed by atoms with E-state index in [2.05, 4.69) is 4.98 Å². The number of hydrogen-bond donors (Lipinski definition) is 2. The maximum atomic E-state index is 12.3. The fourth-order valence-corrected chi connectivity index (χ4v) is 0.917. The van der Waals surface area contributed by atoms with Crippen molar-refractivity contribution in [1.82, 2.24) is 4.98 Å². The van der Waals surface area contributed by atoms with Crippen LogP contribution >= 0.6 is 0 Å². The van der Waals surface area contributed by atoms with Crippen LogP contribution in [-0.4, -0.2) is 4.98 Å². The Kier molecular flexibility index (Phi) is 2.42. The van der Waals surface area contributed by atoms with Crippen LogP contribution in [0.25, 0.3) is 0 Å². The van der Waals surface area contributed by atoms with E-state index in [1.54, 1.807) is 0 Å². The van der Waals surface area contributed by atoms with Crippen LogP contribution in [0.3, 0.4) is 0 Å². The molecular formula is C7H8F3N3. The molecule has 0 spiro atoms. The van der Waals surface area contributed by atoms with Crippen LogP contribution < -0.4 is 11.5 Å². The SMILES string of the molecule is NCc1ncc(N)cc1C(F)(F)F. The third kappa shape index (κ3) is 2.09. The van der Waals surface area contributed by atoms with Gasteiger partial charge in [0, 0.05) is 6.54 Å². The summed E-state index contributed by atoms with van der Waals surface area (Å²) < 4.78 is 36.8. The number of rotatable bonds is 1. The summed E-state index contributed by atoms with van der Waals surface area (Å²) in [6, 6.07) is 0.829. The molecule has 6 heteroatoms. The second-order valence-electron chi connectivity index (χ2n) is 2.46. The smallest absolute Gasteiger partial charge is 0.397 e. The number of halogens is 3. The van der Waals surface area contributed by atoms with Gasteiger partial charge >= 0.3 is 6.18 Å². The molecule has 0 fully saturated rings. The van der Waals surface area contributed by atoms with E-state index in [1.165, 1.54) is 0 Å². The first-order chi connectivity index (χ1) is 5.95. The molecule has 0 saturated heterocycles. The molecule has 1 heterocycles. The maximum Gasteiger partial charge on any atom is 0.418 e. The van der Waals surface area contributed by atoms with Crippen molar-refractivity contribution in [2.75, 3.05) is 5.73 Å². The first kappa shape index (κ1) is 9.79. The molecule has 1 aromatic heterocycles. The van der Waals surface area contributed by atoms with Crippen LogP contribution in [0.15, 0.2) is 12.3 Å². The lowest BCUT2D eigenvalue weighted by Crippen LogP contribution is -2.14. The molecule has 0 aliphatic rings. The lowest BCUT2D eigenvalue weighted by atomic mass is 10.1. The van der Waals surface area contributed by atoms with Crippen molar-refractivity contribution in [1.29, 1.82) is 0 Å². The number of nitrogens with zero attached hydrogens (tertiary/aromatic N) is 1. The molecule has 0 aliphatic heterocycles. The first-order valence-corrected chi connectivity index (χ1v) is 3.47. The van der Waals surface area contributed by atoms with Crippen molar-refractivity contribution in [3.8, 4) is 0 Å². The molecular weight excluding hydrogens is 183 g/mol. The highest BCUT2D eigenvalue weighted by molar-refractivity contribution is 5.41. The fourth-order valence-electron chi connectivity index (χ4n) is 0.917. The van der Waals surface area contributed by atoms with Gasteiger partial charge in [0.15, 0.2) is 0 Å². The van der Waals surface area contributed by atoms with E-state index in [4.69, 9.17) is 11.5 Å². The zero-order chi connectivity index (χ0) is 10.1. The van der Waals surface area contributed by atoms with Crippen LogP contribution in [0.2, 0.25) is 0 Å². The van der Waals surface area contributed by atoms with E-state index in [0.717, 1.165) is 12.3 Å². The molecule has 1 rings (SSSR count). The summed E-state index contributed by atoms with van der Waals surface area (Å²) in [5.74, 6) is 0. The van der Waals surface area contributed by atoms with Crippen LogP contribution in [0, 0.1) is 0 Å². The molecule has 0 aromatic carbocycles. The average Bonchev–Trinajstić information content (AvgIpc) is 2.03. The monoisotopic (exact) mass is 191 g/mol. The van der Waals surface area contributed by atoms with Gasteiger partial charge in [-0.3, -0.25) is 4.98 Å². The number of hydrogen-bond acceptors (Lipinski definition) is 3. The largest absolute Gasteiger partial charge is 0.418 e. The lowest BCUT2D eigenvalue weighted by Gasteiger charge is -2.10. The molecule has 0 unspecified atom stereocenters. The Hall–Kier alpha value is -1.30. The molecule has 1 aromatic rings. The van der Waals surface area contributed by atoms with Gasteiger partial charge in [-0.15, -0.1) is 0 Å². The van der Waals surface area contributed by atoms with Crippen LogP contribution in [-0.2, 0) is 12.7 Å². The van der Waals surface area contributed by atoms with Crippen molar-refractivity contribution in [2.24, 2.45) is 5.73 Å². The van der Waals surface area contributed by atoms with E-state index in [0.29, 0.717) is 0 Å². The van der Waals surface area contributed by atoms with Crippen LogP contribution in [0.1, 0.15) is 11.3 Å². The number of alkyl halides is 3. The zero-order valence-corrected chi connectivity index (χ0v) is 6.60. The second-order valence-corrected chi connectivity index (χ2v) is 2.46. The van der Waals surface area contributed by atoms with Crippen LogP contribution in [0.5, 0.6) is 0 Å². The van der Waals surface area contributed by atoms with Gasteiger partial charge in [0.1, 0.15) is 0 Å². The summed E-state index contributed by atoms with van der Waals surface area (Å²) in [7, 11) is 0. The van der Waals surface area contributed by atoms with Crippen molar-refractivity contribution < 1.29 is 13.2 Å². The van der Waals surface area contributed by atoms with E-state index in [1.807, 2.05) is 0 Å². The Labute approximate surface area is 72.6 Å². The molecule has 0 aliphatic carbocycles. The minimum atomic E-state index is -4.45. The third-order valence-electron chi connectivity index (χ3n) is 1.49. The Balaban J connectivity index is 3.24. The van der Waals surface area contributed by atoms with Crippen molar-refractivity contribution in [3.63, 3.8) is 0 Å². The fraction of sp³-hybridized carbons (Fsp3) is 0.286. The highest BCUT2D eigenvalue weighted by atomic mass is 19.4. The molecule has 3 nitrogen and oxygen atoms in total. The van der Waals surface area contributed by atoms with Gasteiger partial charge in [-0.05, 0) is 6.07 Å². The van der Waals surface area contributed by atoms with Gasteiger partial charge < -0.3 is 11.5 Å². The van der Waals surface area contributed by atoms with E-state index >= 15 is 0 Å². The summed E-state index contributed by atoms with van der Waals surface area (Å²) in [6.45, 7) is -0.255. The summed E-state index contributed by atoms with van der Waals surface area (Å²) in [6.07, 6.45) is -3.30. The normalized spacial score (nSPS) is 11.7. The van der Waals surface area contributed by atoms with Gasteiger partial charge in [-0.1, -0.05) is 0 Å². The maximum absolute atomic E-state index is 12.3. The third-order valence-corrected chi connectivity index (χ3v) is 1.49. The minimum Gasteiger partial charge on any atom is -0.397 e. The summed E-state index contributed by atoms with van der Waals surface area (Å²) >= 11 is 0. The molecule has 0 bridgehead atoms. The second kappa shape index (κ2) is 3.21. The van der Waals surface area contributed by atoms with E-state index in [9.17, 15) is 13.2 Å². The molecule has 0 atom stereocenters. The molecule has 72 valence electrons. The Bertz CT molecular complexity index is 308. The van der Waals surface area contributed by atoms with Crippen molar-refractivity contribution in [2.45, 2.75) is 12.7 Å². The lowest BCUT2D eigenvalue weighted by molar-refractivity contribution is -0.138.